The number of hydrogen-bond acceptors (Lipinski definition) is 5. The van der Waals surface area contributed by atoms with Gasteiger partial charge in [0.15, 0.2) is 6.10 Å². The van der Waals surface area contributed by atoms with Crippen LogP contribution in [0.3, 0.4) is 0 Å². The molecule has 1 aromatic rings. The first kappa shape index (κ1) is 20.5. The van der Waals surface area contributed by atoms with E-state index >= 15 is 0 Å². The second-order valence-corrected chi connectivity index (χ2v) is 10.7. The SMILES string of the molecule is C[C@H](OC(=O)C12C[C@@H]3C[C@@H](CC(O)(C3)C1)C2)C(=O)N1c2ccccc2NC(=O)C1(C)C. The number of para-hydroxylation sites is 2. The van der Waals surface area contributed by atoms with E-state index in [1.54, 1.807) is 45.0 Å². The highest BCUT2D eigenvalue weighted by Crippen LogP contribution is 2.62. The molecule has 4 aliphatic carbocycles. The molecule has 4 fully saturated rings. The van der Waals surface area contributed by atoms with Crippen LogP contribution < -0.4 is 10.2 Å². The minimum atomic E-state index is -1.12. The largest absolute Gasteiger partial charge is 0.452 e. The van der Waals surface area contributed by atoms with Gasteiger partial charge in [-0.15, -0.1) is 0 Å². The van der Waals surface area contributed by atoms with Crippen LogP contribution in [0.4, 0.5) is 11.4 Å². The second-order valence-electron chi connectivity index (χ2n) is 10.7. The number of esters is 1. The zero-order chi connectivity index (χ0) is 22.2. The van der Waals surface area contributed by atoms with E-state index in [4.69, 9.17) is 4.74 Å². The van der Waals surface area contributed by atoms with E-state index in [0.717, 1.165) is 32.1 Å². The van der Waals surface area contributed by atoms with E-state index in [1.807, 2.05) is 0 Å². The summed E-state index contributed by atoms with van der Waals surface area (Å²) in [4.78, 5) is 40.9. The molecule has 2 unspecified atom stereocenters. The summed E-state index contributed by atoms with van der Waals surface area (Å²) < 4.78 is 5.77. The molecule has 5 aliphatic rings. The Balaban J connectivity index is 1.38. The molecule has 1 aliphatic heterocycles. The maximum absolute atomic E-state index is 13.5. The molecule has 7 heteroatoms. The van der Waals surface area contributed by atoms with Crippen LogP contribution in [0.25, 0.3) is 0 Å². The topological polar surface area (TPSA) is 95.9 Å². The van der Waals surface area contributed by atoms with Crippen molar-refractivity contribution >= 4 is 29.2 Å². The van der Waals surface area contributed by atoms with Gasteiger partial charge in [0.05, 0.1) is 22.4 Å². The van der Waals surface area contributed by atoms with E-state index in [1.165, 1.54) is 4.90 Å². The molecule has 4 bridgehead atoms. The van der Waals surface area contributed by atoms with Crippen LogP contribution in [-0.4, -0.2) is 40.1 Å². The number of carbonyl (C=O) groups is 3. The van der Waals surface area contributed by atoms with Crippen molar-refractivity contribution in [1.82, 2.24) is 0 Å². The number of rotatable bonds is 3. The molecule has 1 aromatic carbocycles. The van der Waals surface area contributed by atoms with E-state index in [2.05, 4.69) is 5.32 Å². The maximum atomic E-state index is 13.5. The molecule has 0 spiro atoms. The number of anilines is 2. The quantitative estimate of drug-likeness (QED) is 0.725. The molecule has 2 amide bonds. The minimum absolute atomic E-state index is 0.290. The van der Waals surface area contributed by atoms with Gasteiger partial charge in [-0.1, -0.05) is 12.1 Å². The van der Waals surface area contributed by atoms with Gasteiger partial charge in [-0.05, 0) is 83.3 Å². The van der Waals surface area contributed by atoms with E-state index in [9.17, 15) is 19.5 Å². The summed E-state index contributed by atoms with van der Waals surface area (Å²) in [6.45, 7) is 4.93. The van der Waals surface area contributed by atoms with Crippen LogP contribution in [-0.2, 0) is 19.1 Å². The molecule has 0 saturated heterocycles. The Hall–Kier alpha value is -2.41. The van der Waals surface area contributed by atoms with Gasteiger partial charge in [-0.25, -0.2) is 0 Å². The lowest BCUT2D eigenvalue weighted by molar-refractivity contribution is -0.199. The van der Waals surface area contributed by atoms with Gasteiger partial charge in [0.25, 0.3) is 5.91 Å². The summed E-state index contributed by atoms with van der Waals surface area (Å²) in [5.74, 6) is -0.401. The van der Waals surface area contributed by atoms with Gasteiger partial charge < -0.3 is 15.2 Å². The molecule has 5 atom stereocenters. The Bertz CT molecular complexity index is 956. The van der Waals surface area contributed by atoms with Crippen LogP contribution >= 0.6 is 0 Å². The number of hydrogen-bond donors (Lipinski definition) is 2. The Morgan fingerprint density at radius 2 is 1.81 bits per heavy atom. The maximum Gasteiger partial charge on any atom is 0.312 e. The zero-order valence-corrected chi connectivity index (χ0v) is 18.3. The molecule has 0 aromatic heterocycles. The number of ether oxygens (including phenoxy) is 1. The Kier molecular flexibility index (Phi) is 4.33. The van der Waals surface area contributed by atoms with Gasteiger partial charge in [0.2, 0.25) is 5.91 Å². The Labute approximate surface area is 182 Å². The highest BCUT2D eigenvalue weighted by Gasteiger charge is 2.61. The van der Waals surface area contributed by atoms with Crippen LogP contribution in [0.2, 0.25) is 0 Å². The number of amides is 2. The highest BCUT2D eigenvalue weighted by molar-refractivity contribution is 6.15. The average molecular weight is 427 g/mol. The minimum Gasteiger partial charge on any atom is -0.452 e. The van der Waals surface area contributed by atoms with Crippen molar-refractivity contribution in [1.29, 1.82) is 0 Å². The molecule has 31 heavy (non-hydrogen) atoms. The first-order valence-electron chi connectivity index (χ1n) is 11.2. The Morgan fingerprint density at radius 1 is 1.16 bits per heavy atom. The van der Waals surface area contributed by atoms with Crippen LogP contribution in [0, 0.1) is 17.3 Å². The third-order valence-corrected chi connectivity index (χ3v) is 7.82. The van der Waals surface area contributed by atoms with Gasteiger partial charge in [0, 0.05) is 0 Å². The average Bonchev–Trinajstić information content (AvgIpc) is 2.66. The van der Waals surface area contributed by atoms with Gasteiger partial charge in [-0.2, -0.15) is 0 Å². The van der Waals surface area contributed by atoms with E-state index in [0.29, 0.717) is 29.6 Å². The third-order valence-electron chi connectivity index (χ3n) is 7.82. The van der Waals surface area contributed by atoms with Crippen molar-refractivity contribution in [2.24, 2.45) is 17.3 Å². The summed E-state index contributed by atoms with van der Waals surface area (Å²) >= 11 is 0. The van der Waals surface area contributed by atoms with Gasteiger partial charge in [0.1, 0.15) is 5.54 Å². The van der Waals surface area contributed by atoms with E-state index < -0.39 is 28.6 Å². The summed E-state index contributed by atoms with van der Waals surface area (Å²) in [7, 11) is 0. The first-order valence-corrected chi connectivity index (χ1v) is 11.2. The molecule has 166 valence electrons. The fourth-order valence-corrected chi connectivity index (χ4v) is 6.82. The molecule has 4 saturated carbocycles. The van der Waals surface area contributed by atoms with E-state index in [-0.39, 0.29) is 11.9 Å². The summed E-state index contributed by atoms with van der Waals surface area (Å²) in [5.41, 5.74) is -1.45. The third kappa shape index (κ3) is 3.08. The number of nitrogens with zero attached hydrogens (tertiary/aromatic N) is 1. The van der Waals surface area contributed by atoms with Crippen molar-refractivity contribution in [3.8, 4) is 0 Å². The first-order chi connectivity index (χ1) is 14.5. The fourth-order valence-electron chi connectivity index (χ4n) is 6.82. The Morgan fingerprint density at radius 3 is 2.45 bits per heavy atom. The van der Waals surface area contributed by atoms with Crippen molar-refractivity contribution in [2.75, 3.05) is 10.2 Å². The van der Waals surface area contributed by atoms with Crippen molar-refractivity contribution in [2.45, 2.75) is 76.5 Å². The van der Waals surface area contributed by atoms with Crippen LogP contribution in [0.5, 0.6) is 0 Å². The highest BCUT2D eigenvalue weighted by atomic mass is 16.5. The summed E-state index contributed by atoms with van der Waals surface area (Å²) in [6, 6.07) is 7.12. The molecule has 6 rings (SSSR count). The molecule has 0 radical (unpaired) electrons. The van der Waals surface area contributed by atoms with Crippen LogP contribution in [0.1, 0.15) is 59.3 Å². The van der Waals surface area contributed by atoms with Crippen LogP contribution in [0.15, 0.2) is 24.3 Å². The number of carbonyl (C=O) groups excluding carboxylic acids is 3. The molecular weight excluding hydrogens is 396 g/mol. The standard InChI is InChI=1S/C24H30N2O5/c1-14(19(27)26-18-7-5-4-6-17(18)25-20(28)22(26,2)3)31-21(29)23-9-15-8-16(10-23)12-24(30,11-15)13-23/h4-7,14-16,30H,8-13H2,1-3H3,(H,25,28)/t14-,15-,16+,23?,24?/m0/s1. The molecule has 7 nitrogen and oxygen atoms in total. The number of benzene rings is 1. The fraction of sp³-hybridized carbons (Fsp3) is 0.625. The van der Waals surface area contributed by atoms with Crippen molar-refractivity contribution in [3.63, 3.8) is 0 Å². The summed E-state index contributed by atoms with van der Waals surface area (Å²) in [5, 5.41) is 13.8. The van der Waals surface area contributed by atoms with Crippen molar-refractivity contribution < 1.29 is 24.2 Å². The van der Waals surface area contributed by atoms with Crippen molar-refractivity contribution in [3.05, 3.63) is 24.3 Å². The number of fused-ring (bicyclic) bond motifs is 1. The molecule has 2 N–H and O–H groups in total. The number of aliphatic hydroxyl groups is 1. The lowest BCUT2D eigenvalue weighted by Gasteiger charge is -2.58. The molecule has 1 heterocycles. The van der Waals surface area contributed by atoms with Gasteiger partial charge in [-0.3, -0.25) is 19.3 Å². The predicted octanol–water partition coefficient (Wildman–Crippen LogP) is 3.01. The number of nitrogens with one attached hydrogen (secondary N) is 1. The molecular formula is C24H30N2O5. The summed E-state index contributed by atoms with van der Waals surface area (Å²) in [6.07, 6.45) is 3.44. The normalized spacial score (nSPS) is 35.9. The lowest BCUT2D eigenvalue weighted by Crippen LogP contribution is -2.61. The monoisotopic (exact) mass is 426 g/mol. The van der Waals surface area contributed by atoms with Gasteiger partial charge >= 0.3 is 5.97 Å². The smallest absolute Gasteiger partial charge is 0.312 e. The lowest BCUT2D eigenvalue weighted by atomic mass is 9.48. The zero-order valence-electron chi connectivity index (χ0n) is 18.3. The second kappa shape index (κ2) is 6.55. The predicted molar refractivity (Wildman–Crippen MR) is 114 cm³/mol.